The third-order valence-corrected chi connectivity index (χ3v) is 2.76. The minimum Gasteiger partial charge on any atom is -0.433 e. The van der Waals surface area contributed by atoms with Crippen LogP contribution in [0, 0.1) is 0 Å². The molecule has 23 heavy (non-hydrogen) atoms. The van der Waals surface area contributed by atoms with Crippen molar-refractivity contribution < 1.29 is 18.3 Å². The molecule has 6 nitrogen and oxygen atoms in total. The number of hydrogen-bond donors (Lipinski definition) is 1. The number of ether oxygens (including phenoxy) is 1. The molecule has 0 saturated carbocycles. The fourth-order valence-corrected chi connectivity index (χ4v) is 1.82. The first-order valence-corrected chi connectivity index (χ1v) is 6.76. The van der Waals surface area contributed by atoms with Crippen LogP contribution >= 0.6 is 0 Å². The van der Waals surface area contributed by atoms with Crippen LogP contribution in [0.3, 0.4) is 0 Å². The number of aromatic nitrogens is 2. The van der Waals surface area contributed by atoms with Gasteiger partial charge in [-0.25, -0.2) is 9.97 Å². The van der Waals surface area contributed by atoms with Crippen molar-refractivity contribution in [2.24, 2.45) is 0 Å². The molecule has 2 aromatic heterocycles. The van der Waals surface area contributed by atoms with E-state index in [0.717, 1.165) is 18.3 Å². The van der Waals surface area contributed by atoms with E-state index in [2.05, 4.69) is 20.0 Å². The number of rotatable bonds is 6. The first-order chi connectivity index (χ1) is 10.9. The SMILES string of the molecule is CN(C)Cc1ccc(NC(=O)c2ccc(OC(F)F)cn2)nc1. The quantitative estimate of drug-likeness (QED) is 0.884. The summed E-state index contributed by atoms with van der Waals surface area (Å²) in [5, 5.41) is 2.58. The van der Waals surface area contributed by atoms with Crippen molar-refractivity contribution in [2.75, 3.05) is 19.4 Å². The number of carbonyl (C=O) groups is 1. The molecule has 0 aliphatic carbocycles. The summed E-state index contributed by atoms with van der Waals surface area (Å²) in [6.45, 7) is -2.18. The predicted molar refractivity (Wildman–Crippen MR) is 80.5 cm³/mol. The smallest absolute Gasteiger partial charge is 0.387 e. The summed E-state index contributed by atoms with van der Waals surface area (Å²) in [6.07, 6.45) is 2.73. The molecule has 0 aromatic carbocycles. The Bertz CT molecular complexity index is 646. The van der Waals surface area contributed by atoms with Gasteiger partial charge < -0.3 is 15.0 Å². The van der Waals surface area contributed by atoms with Crippen molar-refractivity contribution in [3.63, 3.8) is 0 Å². The van der Waals surface area contributed by atoms with Crippen LogP contribution < -0.4 is 10.1 Å². The van der Waals surface area contributed by atoms with Crippen LogP contribution in [0.1, 0.15) is 16.1 Å². The molecule has 0 unspecified atom stereocenters. The Kier molecular flexibility index (Phi) is 5.53. The van der Waals surface area contributed by atoms with Gasteiger partial charge in [0.05, 0.1) is 6.20 Å². The summed E-state index contributed by atoms with van der Waals surface area (Å²) in [5.74, 6) is -0.212. The Labute approximate surface area is 132 Å². The fraction of sp³-hybridized carbons (Fsp3) is 0.267. The van der Waals surface area contributed by atoms with Gasteiger partial charge in [-0.1, -0.05) is 6.07 Å². The number of nitrogens with zero attached hydrogens (tertiary/aromatic N) is 3. The molecule has 0 radical (unpaired) electrons. The highest BCUT2D eigenvalue weighted by Crippen LogP contribution is 2.13. The largest absolute Gasteiger partial charge is 0.433 e. The molecule has 0 aliphatic heterocycles. The van der Waals surface area contributed by atoms with E-state index in [1.165, 1.54) is 12.1 Å². The van der Waals surface area contributed by atoms with Crippen LogP contribution in [0.25, 0.3) is 0 Å². The van der Waals surface area contributed by atoms with E-state index >= 15 is 0 Å². The molecule has 8 heteroatoms. The van der Waals surface area contributed by atoms with Crippen molar-refractivity contribution in [1.29, 1.82) is 0 Å². The van der Waals surface area contributed by atoms with E-state index in [-0.39, 0.29) is 11.4 Å². The second-order valence-electron chi connectivity index (χ2n) is 5.00. The molecular formula is C15H16F2N4O2. The lowest BCUT2D eigenvalue weighted by Crippen LogP contribution is -2.15. The lowest BCUT2D eigenvalue weighted by atomic mass is 10.2. The van der Waals surface area contributed by atoms with Crippen LogP contribution in [0.2, 0.25) is 0 Å². The summed E-state index contributed by atoms with van der Waals surface area (Å²) < 4.78 is 28.2. The van der Waals surface area contributed by atoms with Crippen LogP contribution in [-0.4, -0.2) is 41.5 Å². The number of amides is 1. The lowest BCUT2D eigenvalue weighted by molar-refractivity contribution is -0.0500. The van der Waals surface area contributed by atoms with Gasteiger partial charge in [0.25, 0.3) is 5.91 Å². The summed E-state index contributed by atoms with van der Waals surface area (Å²) in [7, 11) is 3.89. The molecule has 1 amide bonds. The van der Waals surface area contributed by atoms with Crippen molar-refractivity contribution in [2.45, 2.75) is 13.2 Å². The predicted octanol–water partition coefficient (Wildman–Crippen LogP) is 2.39. The highest BCUT2D eigenvalue weighted by molar-refractivity contribution is 6.02. The van der Waals surface area contributed by atoms with E-state index in [0.29, 0.717) is 5.82 Å². The van der Waals surface area contributed by atoms with Gasteiger partial charge >= 0.3 is 6.61 Å². The maximum absolute atomic E-state index is 12.0. The highest BCUT2D eigenvalue weighted by atomic mass is 19.3. The Morgan fingerprint density at radius 2 is 2.00 bits per heavy atom. The van der Waals surface area contributed by atoms with Crippen molar-refractivity contribution in [3.05, 3.63) is 47.9 Å². The molecule has 0 atom stereocenters. The molecule has 0 spiro atoms. The minimum absolute atomic E-state index is 0.0748. The average Bonchev–Trinajstić information content (AvgIpc) is 2.49. The van der Waals surface area contributed by atoms with Crippen LogP contribution in [0.5, 0.6) is 5.75 Å². The summed E-state index contributed by atoms with van der Waals surface area (Å²) in [5.41, 5.74) is 1.09. The van der Waals surface area contributed by atoms with E-state index in [1.807, 2.05) is 25.1 Å². The monoisotopic (exact) mass is 322 g/mol. The Hall–Kier alpha value is -2.61. The number of halogens is 2. The topological polar surface area (TPSA) is 67.4 Å². The average molecular weight is 322 g/mol. The molecule has 2 aromatic rings. The van der Waals surface area contributed by atoms with E-state index in [1.54, 1.807) is 12.3 Å². The number of nitrogens with one attached hydrogen (secondary N) is 1. The molecule has 2 rings (SSSR count). The molecule has 0 aliphatic rings. The lowest BCUT2D eigenvalue weighted by Gasteiger charge is -2.10. The van der Waals surface area contributed by atoms with Gasteiger partial charge in [0.15, 0.2) is 0 Å². The van der Waals surface area contributed by atoms with Crippen molar-refractivity contribution >= 4 is 11.7 Å². The minimum atomic E-state index is -2.93. The van der Waals surface area contributed by atoms with Gasteiger partial charge in [-0.2, -0.15) is 8.78 Å². The first kappa shape index (κ1) is 16.8. The highest BCUT2D eigenvalue weighted by Gasteiger charge is 2.10. The third-order valence-electron chi connectivity index (χ3n) is 2.76. The van der Waals surface area contributed by atoms with Gasteiger partial charge in [-0.15, -0.1) is 0 Å². The number of pyridine rings is 2. The Morgan fingerprint density at radius 1 is 1.22 bits per heavy atom. The number of hydrogen-bond acceptors (Lipinski definition) is 5. The van der Waals surface area contributed by atoms with Gasteiger partial charge in [0.2, 0.25) is 0 Å². The molecule has 1 N–H and O–H groups in total. The molecule has 0 fully saturated rings. The Morgan fingerprint density at radius 3 is 2.52 bits per heavy atom. The van der Waals surface area contributed by atoms with Crippen molar-refractivity contribution in [1.82, 2.24) is 14.9 Å². The number of carbonyl (C=O) groups excluding carboxylic acids is 1. The van der Waals surface area contributed by atoms with Crippen LogP contribution in [0.15, 0.2) is 36.7 Å². The third kappa shape index (κ3) is 5.26. The summed E-state index contributed by atoms with van der Waals surface area (Å²) in [6, 6.07) is 6.09. The summed E-state index contributed by atoms with van der Waals surface area (Å²) in [4.78, 5) is 21.9. The Balaban J connectivity index is 1.98. The number of anilines is 1. The van der Waals surface area contributed by atoms with Crippen LogP contribution in [0.4, 0.5) is 14.6 Å². The van der Waals surface area contributed by atoms with E-state index in [4.69, 9.17) is 0 Å². The van der Waals surface area contributed by atoms with Gasteiger partial charge in [0.1, 0.15) is 17.3 Å². The van der Waals surface area contributed by atoms with E-state index < -0.39 is 12.5 Å². The molecule has 2 heterocycles. The second-order valence-corrected chi connectivity index (χ2v) is 5.00. The first-order valence-electron chi connectivity index (χ1n) is 6.76. The van der Waals surface area contributed by atoms with Gasteiger partial charge in [-0.05, 0) is 37.9 Å². The maximum atomic E-state index is 12.0. The molecule has 122 valence electrons. The van der Waals surface area contributed by atoms with Gasteiger partial charge in [-0.3, -0.25) is 4.79 Å². The fourth-order valence-electron chi connectivity index (χ4n) is 1.82. The summed E-state index contributed by atoms with van der Waals surface area (Å²) >= 11 is 0. The van der Waals surface area contributed by atoms with Crippen molar-refractivity contribution in [3.8, 4) is 5.75 Å². The number of alkyl halides is 2. The normalized spacial score (nSPS) is 10.9. The second kappa shape index (κ2) is 7.59. The molecular weight excluding hydrogens is 306 g/mol. The van der Waals surface area contributed by atoms with Crippen LogP contribution in [-0.2, 0) is 6.54 Å². The zero-order valence-corrected chi connectivity index (χ0v) is 12.7. The maximum Gasteiger partial charge on any atom is 0.387 e. The zero-order valence-electron chi connectivity index (χ0n) is 12.7. The van der Waals surface area contributed by atoms with E-state index in [9.17, 15) is 13.6 Å². The van der Waals surface area contributed by atoms with Gasteiger partial charge in [0, 0.05) is 12.7 Å². The zero-order chi connectivity index (χ0) is 16.8. The standard InChI is InChI=1S/C15H16F2N4O2/c1-21(2)9-10-3-6-13(19-7-10)20-14(22)12-5-4-11(8-18-12)23-15(16)17/h3-8,15H,9H2,1-2H3,(H,19,20,22). The molecule has 0 bridgehead atoms. The molecule has 0 saturated heterocycles.